The lowest BCUT2D eigenvalue weighted by molar-refractivity contribution is -0.133. The Labute approximate surface area is 156 Å². The molecule has 0 radical (unpaired) electrons. The third-order valence-corrected chi connectivity index (χ3v) is 5.83. The van der Waals surface area contributed by atoms with Crippen LogP contribution < -0.4 is 0 Å². The number of hydrogen-bond acceptors (Lipinski definition) is 3. The Morgan fingerprint density at radius 3 is 2.50 bits per heavy atom. The van der Waals surface area contributed by atoms with Crippen LogP contribution in [-0.4, -0.2) is 57.1 Å². The first kappa shape index (κ1) is 18.9. The molecule has 1 saturated heterocycles. The Bertz CT molecular complexity index is 690. The molecule has 26 heavy (non-hydrogen) atoms. The van der Waals surface area contributed by atoms with Gasteiger partial charge >= 0.3 is 0 Å². The number of aromatic nitrogens is 2. The van der Waals surface area contributed by atoms with Crippen molar-refractivity contribution in [2.24, 2.45) is 11.8 Å². The minimum absolute atomic E-state index is 0.0198. The van der Waals surface area contributed by atoms with Crippen LogP contribution in [0.1, 0.15) is 61.8 Å². The molecule has 1 aliphatic heterocycles. The second-order valence-corrected chi connectivity index (χ2v) is 8.16. The fraction of sp³-hybridized carbons (Fsp3) is 0.750. The zero-order valence-electron chi connectivity index (χ0n) is 16.8. The van der Waals surface area contributed by atoms with E-state index in [2.05, 4.69) is 23.8 Å². The molecule has 3 rings (SSSR count). The highest BCUT2D eigenvalue weighted by molar-refractivity contribution is 5.97. The second kappa shape index (κ2) is 7.41. The summed E-state index contributed by atoms with van der Waals surface area (Å²) in [4.78, 5) is 30.0. The first-order chi connectivity index (χ1) is 12.3. The van der Waals surface area contributed by atoms with Gasteiger partial charge in [0.15, 0.2) is 0 Å². The van der Waals surface area contributed by atoms with Crippen LogP contribution in [-0.2, 0) is 11.3 Å². The van der Waals surface area contributed by atoms with Crippen molar-refractivity contribution >= 4 is 11.8 Å². The largest absolute Gasteiger partial charge is 0.337 e. The van der Waals surface area contributed by atoms with Crippen LogP contribution in [0, 0.1) is 25.7 Å². The maximum atomic E-state index is 13.3. The van der Waals surface area contributed by atoms with E-state index in [4.69, 9.17) is 0 Å². The molecule has 2 aliphatic rings. The van der Waals surface area contributed by atoms with Crippen molar-refractivity contribution in [3.63, 3.8) is 0 Å². The third kappa shape index (κ3) is 3.64. The number of hydrogen-bond donors (Lipinski definition) is 0. The molecule has 0 spiro atoms. The van der Waals surface area contributed by atoms with E-state index in [-0.39, 0.29) is 17.9 Å². The van der Waals surface area contributed by atoms with Crippen molar-refractivity contribution in [1.82, 2.24) is 19.6 Å². The van der Waals surface area contributed by atoms with E-state index in [1.165, 1.54) is 12.8 Å². The molecular weight excluding hydrogens is 328 g/mol. The van der Waals surface area contributed by atoms with Gasteiger partial charge in [-0.1, -0.05) is 13.8 Å². The topological polar surface area (TPSA) is 58.4 Å². The number of carbonyl (C=O) groups is 2. The Hall–Kier alpha value is -1.85. The SMILES string of the molecule is CCn1nc(C)c(C(=O)N2CCC(=O)N(CC3CC3)[C@@H](C(C)C)C2)c1C. The second-order valence-electron chi connectivity index (χ2n) is 8.16. The summed E-state index contributed by atoms with van der Waals surface area (Å²) >= 11 is 0. The van der Waals surface area contributed by atoms with Crippen LogP contribution >= 0.6 is 0 Å². The van der Waals surface area contributed by atoms with E-state index >= 15 is 0 Å². The number of rotatable bonds is 5. The summed E-state index contributed by atoms with van der Waals surface area (Å²) in [5.74, 6) is 1.21. The van der Waals surface area contributed by atoms with Gasteiger partial charge in [-0.25, -0.2) is 0 Å². The van der Waals surface area contributed by atoms with Crippen LogP contribution in [0.4, 0.5) is 0 Å². The molecule has 2 heterocycles. The van der Waals surface area contributed by atoms with E-state index in [0.29, 0.717) is 36.9 Å². The van der Waals surface area contributed by atoms with Gasteiger partial charge in [0.1, 0.15) is 0 Å². The lowest BCUT2D eigenvalue weighted by atomic mass is 10.0. The van der Waals surface area contributed by atoms with E-state index in [9.17, 15) is 9.59 Å². The van der Waals surface area contributed by atoms with Gasteiger partial charge in [0, 0.05) is 38.3 Å². The molecule has 0 N–H and O–H groups in total. The minimum atomic E-state index is 0.0198. The highest BCUT2D eigenvalue weighted by Crippen LogP contribution is 2.32. The van der Waals surface area contributed by atoms with Crippen LogP contribution in [0.3, 0.4) is 0 Å². The zero-order chi connectivity index (χ0) is 19.0. The highest BCUT2D eigenvalue weighted by Gasteiger charge is 2.37. The van der Waals surface area contributed by atoms with Gasteiger partial charge in [0.2, 0.25) is 5.91 Å². The Morgan fingerprint density at radius 2 is 1.96 bits per heavy atom. The molecule has 144 valence electrons. The van der Waals surface area contributed by atoms with Crippen LogP contribution in [0.25, 0.3) is 0 Å². The fourth-order valence-corrected chi connectivity index (χ4v) is 4.02. The van der Waals surface area contributed by atoms with Gasteiger partial charge < -0.3 is 9.80 Å². The number of amides is 2. The minimum Gasteiger partial charge on any atom is -0.337 e. The number of aryl methyl sites for hydroxylation is 2. The molecule has 2 amide bonds. The monoisotopic (exact) mass is 360 g/mol. The number of carbonyl (C=O) groups excluding carboxylic acids is 2. The molecule has 2 fully saturated rings. The van der Waals surface area contributed by atoms with Gasteiger partial charge in [0.25, 0.3) is 5.91 Å². The molecule has 1 aliphatic carbocycles. The van der Waals surface area contributed by atoms with Crippen molar-refractivity contribution in [2.45, 2.75) is 66.5 Å². The summed E-state index contributed by atoms with van der Waals surface area (Å²) in [5.41, 5.74) is 2.40. The molecule has 0 aromatic carbocycles. The quantitative estimate of drug-likeness (QED) is 0.811. The Morgan fingerprint density at radius 1 is 1.27 bits per heavy atom. The van der Waals surface area contributed by atoms with E-state index < -0.39 is 0 Å². The summed E-state index contributed by atoms with van der Waals surface area (Å²) in [5, 5.41) is 4.49. The molecule has 1 aromatic heterocycles. The van der Waals surface area contributed by atoms with Crippen LogP contribution in [0.15, 0.2) is 0 Å². The Balaban J connectivity index is 1.85. The van der Waals surface area contributed by atoms with Gasteiger partial charge in [-0.05, 0) is 45.4 Å². The maximum absolute atomic E-state index is 13.3. The molecular formula is C20H32N4O2. The van der Waals surface area contributed by atoms with E-state index in [0.717, 1.165) is 24.5 Å². The lowest BCUT2D eigenvalue weighted by Crippen LogP contribution is -2.48. The van der Waals surface area contributed by atoms with E-state index in [1.807, 2.05) is 30.4 Å². The molecule has 1 atom stereocenters. The average Bonchev–Trinajstić information content (AvgIpc) is 3.38. The van der Waals surface area contributed by atoms with Crippen LogP contribution in [0.2, 0.25) is 0 Å². The summed E-state index contributed by atoms with van der Waals surface area (Å²) in [6.45, 7) is 12.9. The van der Waals surface area contributed by atoms with Gasteiger partial charge in [-0.2, -0.15) is 5.10 Å². The van der Waals surface area contributed by atoms with Crippen molar-refractivity contribution < 1.29 is 9.59 Å². The van der Waals surface area contributed by atoms with Crippen molar-refractivity contribution in [1.29, 1.82) is 0 Å². The van der Waals surface area contributed by atoms with Crippen molar-refractivity contribution in [3.05, 3.63) is 17.0 Å². The number of nitrogens with zero attached hydrogens (tertiary/aromatic N) is 4. The normalized spacial score (nSPS) is 21.5. The standard InChI is InChI=1S/C20H32N4O2/c1-6-24-15(5)19(14(4)21-24)20(26)22-10-9-18(25)23(11-16-7-8-16)17(12-22)13(2)3/h13,16-17H,6-12H2,1-5H3/t17-/m1/s1. The first-order valence-electron chi connectivity index (χ1n) is 9.96. The fourth-order valence-electron chi connectivity index (χ4n) is 4.02. The highest BCUT2D eigenvalue weighted by atomic mass is 16.2. The molecule has 0 bridgehead atoms. The average molecular weight is 361 g/mol. The molecule has 1 aromatic rings. The first-order valence-corrected chi connectivity index (χ1v) is 9.96. The predicted molar refractivity (Wildman–Crippen MR) is 101 cm³/mol. The summed E-state index contributed by atoms with van der Waals surface area (Å²) < 4.78 is 1.88. The van der Waals surface area contributed by atoms with Crippen molar-refractivity contribution in [3.8, 4) is 0 Å². The summed E-state index contributed by atoms with van der Waals surface area (Å²) in [7, 11) is 0. The van der Waals surface area contributed by atoms with E-state index in [1.54, 1.807) is 0 Å². The van der Waals surface area contributed by atoms with Gasteiger partial charge in [0.05, 0.1) is 17.3 Å². The lowest BCUT2D eigenvalue weighted by Gasteiger charge is -2.34. The maximum Gasteiger partial charge on any atom is 0.257 e. The molecule has 1 saturated carbocycles. The smallest absolute Gasteiger partial charge is 0.257 e. The van der Waals surface area contributed by atoms with Crippen molar-refractivity contribution in [2.75, 3.05) is 19.6 Å². The van der Waals surface area contributed by atoms with Gasteiger partial charge in [-0.15, -0.1) is 0 Å². The zero-order valence-corrected chi connectivity index (χ0v) is 16.8. The molecule has 6 nitrogen and oxygen atoms in total. The predicted octanol–water partition coefficient (Wildman–Crippen LogP) is 2.63. The third-order valence-electron chi connectivity index (χ3n) is 5.83. The molecule has 0 unspecified atom stereocenters. The summed E-state index contributed by atoms with van der Waals surface area (Å²) in [6, 6.07) is 0.0939. The summed E-state index contributed by atoms with van der Waals surface area (Å²) in [6.07, 6.45) is 2.87. The Kier molecular flexibility index (Phi) is 5.39. The molecule has 6 heteroatoms. The van der Waals surface area contributed by atoms with Gasteiger partial charge in [-0.3, -0.25) is 14.3 Å². The van der Waals surface area contributed by atoms with Crippen LogP contribution in [0.5, 0.6) is 0 Å².